The van der Waals surface area contributed by atoms with Crippen LogP contribution in [-0.4, -0.2) is 32.6 Å². The van der Waals surface area contributed by atoms with Gasteiger partial charge in [0.05, 0.1) is 41.6 Å². The number of nitrogens with zero attached hydrogens (tertiary/aromatic N) is 4. The summed E-state index contributed by atoms with van der Waals surface area (Å²) in [5.41, 5.74) is 5.90. The van der Waals surface area contributed by atoms with Crippen molar-refractivity contribution < 1.29 is 14.5 Å². The number of nitro groups is 1. The molecular formula is C29H28N6O4S. The third-order valence-electron chi connectivity index (χ3n) is 6.97. The number of pyridine rings is 1. The SMILES string of the molecule is COc1cc([N+](=O)[O-])ccc1-n1c(C)cc([C@H]2[C@H](c3ccccn3)NC(=S)N2c2ccc(NC(C)=O)cc2)c1C. The van der Waals surface area contributed by atoms with Gasteiger partial charge in [0.1, 0.15) is 5.75 Å². The molecule has 5 rings (SSSR count). The minimum atomic E-state index is -0.440. The summed E-state index contributed by atoms with van der Waals surface area (Å²) in [4.78, 5) is 29.1. The Bertz CT molecular complexity index is 1600. The summed E-state index contributed by atoms with van der Waals surface area (Å²) in [5.74, 6) is 0.252. The average Bonchev–Trinajstić information content (AvgIpc) is 3.43. The summed E-state index contributed by atoms with van der Waals surface area (Å²) in [5, 5.41) is 18.2. The van der Waals surface area contributed by atoms with E-state index in [1.807, 2.05) is 60.9 Å². The number of aryl methyl sites for hydroxylation is 1. The Hall–Kier alpha value is -4.77. The highest BCUT2D eigenvalue weighted by molar-refractivity contribution is 7.80. The summed E-state index contributed by atoms with van der Waals surface area (Å²) in [7, 11) is 1.50. The molecule has 0 aliphatic carbocycles. The third-order valence-corrected chi connectivity index (χ3v) is 7.28. The van der Waals surface area contributed by atoms with Crippen molar-refractivity contribution in [2.45, 2.75) is 32.9 Å². The molecule has 0 bridgehead atoms. The Balaban J connectivity index is 1.65. The molecule has 0 radical (unpaired) electrons. The lowest BCUT2D eigenvalue weighted by Crippen LogP contribution is -2.29. The number of nitrogens with one attached hydrogen (secondary N) is 2. The van der Waals surface area contributed by atoms with Gasteiger partial charge in [0.15, 0.2) is 5.11 Å². The van der Waals surface area contributed by atoms with Gasteiger partial charge in [-0.3, -0.25) is 19.9 Å². The van der Waals surface area contributed by atoms with E-state index >= 15 is 0 Å². The number of hydrogen-bond donors (Lipinski definition) is 2. The number of thiocarbonyl (C=S) groups is 1. The first-order valence-corrected chi connectivity index (χ1v) is 13.0. The van der Waals surface area contributed by atoms with E-state index in [0.29, 0.717) is 22.2 Å². The van der Waals surface area contributed by atoms with Gasteiger partial charge < -0.3 is 24.8 Å². The van der Waals surface area contributed by atoms with Crippen LogP contribution in [0, 0.1) is 24.0 Å². The van der Waals surface area contributed by atoms with Crippen LogP contribution in [0.15, 0.2) is 72.9 Å². The van der Waals surface area contributed by atoms with E-state index in [-0.39, 0.29) is 23.7 Å². The highest BCUT2D eigenvalue weighted by Crippen LogP contribution is 2.44. The van der Waals surface area contributed by atoms with Crippen LogP contribution in [0.25, 0.3) is 5.69 Å². The first-order chi connectivity index (χ1) is 19.2. The highest BCUT2D eigenvalue weighted by Gasteiger charge is 2.42. The number of hydrogen-bond acceptors (Lipinski definition) is 6. The zero-order valence-corrected chi connectivity index (χ0v) is 23.2. The molecular weight excluding hydrogens is 528 g/mol. The Morgan fingerprint density at radius 2 is 1.88 bits per heavy atom. The Morgan fingerprint density at radius 1 is 1.12 bits per heavy atom. The number of non-ortho nitro benzene ring substituents is 1. The number of ether oxygens (including phenoxy) is 1. The molecule has 0 saturated carbocycles. The van der Waals surface area contributed by atoms with E-state index in [2.05, 4.69) is 26.6 Å². The topological polar surface area (TPSA) is 115 Å². The minimum absolute atomic E-state index is 0.0438. The molecule has 204 valence electrons. The average molecular weight is 557 g/mol. The molecule has 1 aliphatic rings. The number of anilines is 2. The van der Waals surface area contributed by atoms with Crippen molar-refractivity contribution >= 4 is 40.3 Å². The summed E-state index contributed by atoms with van der Waals surface area (Å²) in [6, 6.07) is 19.5. The Morgan fingerprint density at radius 3 is 2.50 bits per heavy atom. The maximum atomic E-state index is 11.5. The van der Waals surface area contributed by atoms with E-state index in [1.54, 1.807) is 12.3 Å². The molecule has 11 heteroatoms. The number of methoxy groups -OCH3 is 1. The molecule has 2 N–H and O–H groups in total. The van der Waals surface area contributed by atoms with Gasteiger partial charge in [-0.1, -0.05) is 6.07 Å². The molecule has 0 spiro atoms. The second kappa shape index (κ2) is 10.8. The van der Waals surface area contributed by atoms with Crippen molar-refractivity contribution in [2.24, 2.45) is 0 Å². The minimum Gasteiger partial charge on any atom is -0.494 e. The van der Waals surface area contributed by atoms with Crippen molar-refractivity contribution in [1.82, 2.24) is 14.9 Å². The number of nitro benzene ring substituents is 1. The molecule has 0 unspecified atom stereocenters. The van der Waals surface area contributed by atoms with Crippen molar-refractivity contribution in [3.8, 4) is 11.4 Å². The first-order valence-electron chi connectivity index (χ1n) is 12.6. The predicted molar refractivity (Wildman–Crippen MR) is 157 cm³/mol. The molecule has 2 aromatic heterocycles. The summed E-state index contributed by atoms with van der Waals surface area (Å²) in [6.45, 7) is 5.47. The summed E-state index contributed by atoms with van der Waals surface area (Å²) < 4.78 is 7.60. The van der Waals surface area contributed by atoms with Gasteiger partial charge in [0, 0.05) is 41.9 Å². The smallest absolute Gasteiger partial charge is 0.273 e. The van der Waals surface area contributed by atoms with Crippen LogP contribution in [0.5, 0.6) is 5.75 Å². The van der Waals surface area contributed by atoms with Gasteiger partial charge in [-0.25, -0.2) is 0 Å². The van der Waals surface area contributed by atoms with Crippen LogP contribution >= 0.6 is 12.2 Å². The molecule has 1 amide bonds. The summed E-state index contributed by atoms with van der Waals surface area (Å²) >= 11 is 5.86. The van der Waals surface area contributed by atoms with Crippen LogP contribution in [0.4, 0.5) is 17.1 Å². The Kier molecular flexibility index (Phi) is 7.22. The number of amides is 1. The maximum absolute atomic E-state index is 11.5. The fourth-order valence-electron chi connectivity index (χ4n) is 5.28. The van der Waals surface area contributed by atoms with Crippen LogP contribution in [0.2, 0.25) is 0 Å². The molecule has 4 aromatic rings. The predicted octanol–water partition coefficient (Wildman–Crippen LogP) is 5.54. The van der Waals surface area contributed by atoms with E-state index in [0.717, 1.165) is 28.3 Å². The highest BCUT2D eigenvalue weighted by atomic mass is 32.1. The number of aromatic nitrogens is 2. The zero-order valence-electron chi connectivity index (χ0n) is 22.4. The van der Waals surface area contributed by atoms with Gasteiger partial charge in [0.2, 0.25) is 5.91 Å². The fourth-order valence-corrected chi connectivity index (χ4v) is 5.63. The molecule has 1 saturated heterocycles. The normalized spacial score (nSPS) is 16.5. The lowest BCUT2D eigenvalue weighted by Gasteiger charge is -2.28. The standard InChI is InChI=1S/C29H28N6O4S/c1-17-15-23(18(2)33(17)25-13-12-22(35(37)38)16-26(25)39-4)28-27(24-7-5-6-14-30-24)32-29(40)34(28)21-10-8-20(9-11-21)31-19(3)36/h5-16,27-28H,1-4H3,(H,31,36)(H,32,40)/t27-,28-/m0/s1. The fraction of sp³-hybridized carbons (Fsp3) is 0.207. The molecule has 3 heterocycles. The lowest BCUT2D eigenvalue weighted by molar-refractivity contribution is -0.384. The molecule has 2 aromatic carbocycles. The van der Waals surface area contributed by atoms with E-state index in [1.165, 1.54) is 26.2 Å². The van der Waals surface area contributed by atoms with E-state index in [9.17, 15) is 14.9 Å². The van der Waals surface area contributed by atoms with Gasteiger partial charge in [0.25, 0.3) is 5.69 Å². The van der Waals surface area contributed by atoms with Crippen molar-refractivity contribution in [2.75, 3.05) is 17.3 Å². The lowest BCUT2D eigenvalue weighted by atomic mass is 9.96. The molecule has 10 nitrogen and oxygen atoms in total. The Labute approximate surface area is 236 Å². The number of carbonyl (C=O) groups excluding carboxylic acids is 1. The van der Waals surface area contributed by atoms with Crippen LogP contribution in [0.3, 0.4) is 0 Å². The molecule has 40 heavy (non-hydrogen) atoms. The number of carbonyl (C=O) groups is 1. The van der Waals surface area contributed by atoms with Crippen molar-refractivity contribution in [3.63, 3.8) is 0 Å². The maximum Gasteiger partial charge on any atom is 0.273 e. The van der Waals surface area contributed by atoms with Gasteiger partial charge in [-0.15, -0.1) is 0 Å². The van der Waals surface area contributed by atoms with Gasteiger partial charge in [-0.2, -0.15) is 0 Å². The number of rotatable bonds is 7. The zero-order chi connectivity index (χ0) is 28.6. The largest absolute Gasteiger partial charge is 0.494 e. The molecule has 1 fully saturated rings. The monoisotopic (exact) mass is 556 g/mol. The van der Waals surface area contributed by atoms with Crippen molar-refractivity contribution in [3.05, 3.63) is 106 Å². The van der Waals surface area contributed by atoms with Crippen molar-refractivity contribution in [1.29, 1.82) is 0 Å². The van der Waals surface area contributed by atoms with E-state index < -0.39 is 4.92 Å². The quantitative estimate of drug-likeness (QED) is 0.173. The second-order valence-electron chi connectivity index (χ2n) is 9.50. The van der Waals surface area contributed by atoms with Crippen LogP contribution in [-0.2, 0) is 4.79 Å². The number of benzene rings is 2. The second-order valence-corrected chi connectivity index (χ2v) is 9.89. The van der Waals surface area contributed by atoms with Gasteiger partial charge in [-0.05, 0) is 80.2 Å². The summed E-state index contributed by atoms with van der Waals surface area (Å²) in [6.07, 6.45) is 1.76. The molecule has 1 aliphatic heterocycles. The third kappa shape index (κ3) is 4.87. The molecule has 2 atom stereocenters. The van der Waals surface area contributed by atoms with Crippen LogP contribution < -0.4 is 20.3 Å². The van der Waals surface area contributed by atoms with Crippen LogP contribution in [0.1, 0.15) is 41.7 Å². The first kappa shape index (κ1) is 26.8. The van der Waals surface area contributed by atoms with E-state index in [4.69, 9.17) is 17.0 Å². The van der Waals surface area contributed by atoms with Gasteiger partial charge >= 0.3 is 0 Å².